The maximum Gasteiger partial charge on any atom is 0.111 e. The molecule has 4 saturated heterocycles. The summed E-state index contributed by atoms with van der Waals surface area (Å²) >= 11 is 0. The van der Waals surface area contributed by atoms with Crippen molar-refractivity contribution in [2.75, 3.05) is 11.9 Å². The number of likely N-dealkylation sites (N-methyl/N-ethyl adjacent to an activating group) is 1. The molecule has 128 valence electrons. The van der Waals surface area contributed by atoms with Crippen molar-refractivity contribution in [2.24, 2.45) is 17.8 Å². The number of fused-ring (bicyclic) bond motifs is 2. The molecule has 1 aliphatic carbocycles. The fourth-order valence-corrected chi connectivity index (χ4v) is 7.88. The molecule has 1 spiro atoms. The molecule has 7 rings (SSSR count). The standard InChI is InChI=1S/C20H26N2O2/c1-3-10-11-8-14-17-20(12-6-4-5-7-13(12)21(17)2)9-15(16(11)18(20)23)22(14)19(10)24/h4-7,10-11,14-19,23-24H,3,8-9H2,1-2H3/t10?,11?,14?,15?,16?,17-,18+,19+,20+/m0/s1. The molecule has 6 unspecified atom stereocenters. The first-order valence-electron chi connectivity index (χ1n) is 9.57. The largest absolute Gasteiger partial charge is 0.392 e. The molecule has 0 amide bonds. The fourth-order valence-electron chi connectivity index (χ4n) is 7.88. The lowest BCUT2D eigenvalue weighted by molar-refractivity contribution is -0.211. The second kappa shape index (κ2) is 4.17. The van der Waals surface area contributed by atoms with Gasteiger partial charge in [-0.15, -0.1) is 0 Å². The Morgan fingerprint density at radius 1 is 1.21 bits per heavy atom. The summed E-state index contributed by atoms with van der Waals surface area (Å²) in [5.41, 5.74) is 2.51. The van der Waals surface area contributed by atoms with Crippen molar-refractivity contribution in [1.29, 1.82) is 0 Å². The Bertz CT molecular complexity index is 723. The molecule has 0 aromatic heterocycles. The summed E-state index contributed by atoms with van der Waals surface area (Å²) in [6.07, 6.45) is 2.56. The summed E-state index contributed by atoms with van der Waals surface area (Å²) in [7, 11) is 2.19. The van der Waals surface area contributed by atoms with Crippen molar-refractivity contribution >= 4 is 5.69 Å². The number of piperidine rings is 4. The normalized spacial score (nSPS) is 55.8. The van der Waals surface area contributed by atoms with E-state index in [2.05, 4.69) is 48.0 Å². The van der Waals surface area contributed by atoms with E-state index in [0.717, 1.165) is 19.3 Å². The third kappa shape index (κ3) is 1.20. The zero-order valence-electron chi connectivity index (χ0n) is 14.3. The second-order valence-corrected chi connectivity index (χ2v) is 8.81. The van der Waals surface area contributed by atoms with Crippen LogP contribution < -0.4 is 4.90 Å². The van der Waals surface area contributed by atoms with Crippen LogP contribution in [0.15, 0.2) is 24.3 Å². The van der Waals surface area contributed by atoms with Gasteiger partial charge in [-0.25, -0.2) is 0 Å². The van der Waals surface area contributed by atoms with Crippen LogP contribution in [0.25, 0.3) is 0 Å². The zero-order chi connectivity index (χ0) is 16.4. The van der Waals surface area contributed by atoms with E-state index in [4.69, 9.17) is 0 Å². The Morgan fingerprint density at radius 2 is 2.00 bits per heavy atom. The summed E-state index contributed by atoms with van der Waals surface area (Å²) in [4.78, 5) is 4.83. The first kappa shape index (κ1) is 14.1. The van der Waals surface area contributed by atoms with Crippen molar-refractivity contribution in [2.45, 2.75) is 62.1 Å². The minimum Gasteiger partial charge on any atom is -0.392 e. The van der Waals surface area contributed by atoms with Gasteiger partial charge >= 0.3 is 0 Å². The van der Waals surface area contributed by atoms with Crippen LogP contribution in [0.3, 0.4) is 0 Å². The number of hydrogen-bond donors (Lipinski definition) is 2. The van der Waals surface area contributed by atoms with Crippen molar-refractivity contribution in [3.05, 3.63) is 29.8 Å². The predicted molar refractivity (Wildman–Crippen MR) is 91.7 cm³/mol. The van der Waals surface area contributed by atoms with E-state index >= 15 is 0 Å². The maximum absolute atomic E-state index is 11.6. The van der Waals surface area contributed by atoms with Gasteiger partial charge in [0.15, 0.2) is 0 Å². The number of benzene rings is 1. The summed E-state index contributed by atoms with van der Waals surface area (Å²) in [5.74, 6) is 1.14. The van der Waals surface area contributed by atoms with Crippen LogP contribution in [0.5, 0.6) is 0 Å². The third-order valence-electron chi connectivity index (χ3n) is 8.46. The van der Waals surface area contributed by atoms with Crippen LogP contribution in [0, 0.1) is 17.8 Å². The molecule has 1 aromatic rings. The van der Waals surface area contributed by atoms with Crippen LogP contribution in [0.4, 0.5) is 5.69 Å². The summed E-state index contributed by atoms with van der Waals surface area (Å²) in [6.45, 7) is 2.19. The fraction of sp³-hybridized carbons (Fsp3) is 0.700. The molecule has 1 saturated carbocycles. The average Bonchev–Trinajstić information content (AvgIpc) is 2.97. The van der Waals surface area contributed by atoms with Crippen LogP contribution in [-0.4, -0.2) is 52.6 Å². The first-order chi connectivity index (χ1) is 11.6. The summed E-state index contributed by atoms with van der Waals surface area (Å²) < 4.78 is 0. The van der Waals surface area contributed by atoms with E-state index in [9.17, 15) is 10.2 Å². The average molecular weight is 326 g/mol. The van der Waals surface area contributed by atoms with E-state index < -0.39 is 0 Å². The molecule has 5 bridgehead atoms. The van der Waals surface area contributed by atoms with Crippen molar-refractivity contribution < 1.29 is 10.2 Å². The van der Waals surface area contributed by atoms with E-state index in [-0.39, 0.29) is 17.7 Å². The molecule has 24 heavy (non-hydrogen) atoms. The molecule has 4 heteroatoms. The SMILES string of the molecule is CCC1C2CC3[C@@H]4N(C)c5ccccc5[C@]45CC(C2[C@H]5O)N3[C@@H]1O. The number of aliphatic hydroxyl groups is 2. The third-order valence-corrected chi connectivity index (χ3v) is 8.46. The lowest BCUT2D eigenvalue weighted by Crippen LogP contribution is -2.72. The molecule has 2 N–H and O–H groups in total. The lowest BCUT2D eigenvalue weighted by atomic mass is 9.62. The molecule has 4 nitrogen and oxygen atoms in total. The Kier molecular flexibility index (Phi) is 2.45. The van der Waals surface area contributed by atoms with Gasteiger partial charge in [-0.1, -0.05) is 25.1 Å². The predicted octanol–water partition coefficient (Wildman–Crippen LogP) is 1.55. The zero-order valence-corrected chi connectivity index (χ0v) is 14.3. The van der Waals surface area contributed by atoms with Gasteiger partial charge < -0.3 is 15.1 Å². The molecular formula is C20H26N2O2. The van der Waals surface area contributed by atoms with Crippen LogP contribution in [-0.2, 0) is 5.41 Å². The Labute approximate surface area is 143 Å². The smallest absolute Gasteiger partial charge is 0.111 e. The van der Waals surface area contributed by atoms with Gasteiger partial charge in [0.05, 0.1) is 12.1 Å². The quantitative estimate of drug-likeness (QED) is 0.822. The second-order valence-electron chi connectivity index (χ2n) is 8.81. The van der Waals surface area contributed by atoms with Gasteiger partial charge in [0.2, 0.25) is 0 Å². The van der Waals surface area contributed by atoms with Crippen molar-refractivity contribution in [3.63, 3.8) is 0 Å². The van der Waals surface area contributed by atoms with Gasteiger partial charge in [0, 0.05) is 42.1 Å². The molecule has 5 heterocycles. The van der Waals surface area contributed by atoms with Gasteiger partial charge in [0.1, 0.15) is 6.23 Å². The molecule has 1 aromatic carbocycles. The van der Waals surface area contributed by atoms with Crippen LogP contribution in [0.1, 0.15) is 31.7 Å². The first-order valence-corrected chi connectivity index (χ1v) is 9.57. The maximum atomic E-state index is 11.6. The Balaban J connectivity index is 1.60. The molecule has 10 atom stereocenters. The Morgan fingerprint density at radius 3 is 2.79 bits per heavy atom. The minimum absolute atomic E-state index is 0.126. The molecule has 5 aliphatic heterocycles. The number of anilines is 1. The van der Waals surface area contributed by atoms with Gasteiger partial charge in [-0.3, -0.25) is 4.90 Å². The molecule has 6 aliphatic rings. The number of rotatable bonds is 1. The highest BCUT2D eigenvalue weighted by molar-refractivity contribution is 5.67. The van der Waals surface area contributed by atoms with Crippen molar-refractivity contribution in [1.82, 2.24) is 4.90 Å². The number of aliphatic hydroxyl groups excluding tert-OH is 2. The number of hydrogen-bond acceptors (Lipinski definition) is 4. The monoisotopic (exact) mass is 326 g/mol. The molecular weight excluding hydrogens is 300 g/mol. The van der Waals surface area contributed by atoms with E-state index in [1.807, 2.05) is 0 Å². The van der Waals surface area contributed by atoms with E-state index in [0.29, 0.717) is 35.9 Å². The highest BCUT2D eigenvalue weighted by Crippen LogP contribution is 2.68. The number of para-hydroxylation sites is 1. The number of nitrogens with zero attached hydrogens (tertiary/aromatic N) is 2. The van der Waals surface area contributed by atoms with Gasteiger partial charge in [-0.05, 0) is 36.8 Å². The highest BCUT2D eigenvalue weighted by atomic mass is 16.3. The molecule has 0 radical (unpaired) electrons. The van der Waals surface area contributed by atoms with Crippen LogP contribution in [0.2, 0.25) is 0 Å². The summed E-state index contributed by atoms with van der Waals surface area (Å²) in [6, 6.07) is 9.70. The van der Waals surface area contributed by atoms with Gasteiger partial charge in [-0.2, -0.15) is 0 Å². The lowest BCUT2D eigenvalue weighted by Gasteiger charge is -2.62. The van der Waals surface area contributed by atoms with Gasteiger partial charge in [0.25, 0.3) is 0 Å². The molecule has 5 fully saturated rings. The van der Waals surface area contributed by atoms with E-state index in [1.165, 1.54) is 11.3 Å². The topological polar surface area (TPSA) is 46.9 Å². The Hall–Kier alpha value is -1.10. The van der Waals surface area contributed by atoms with Crippen LogP contribution >= 0.6 is 0 Å². The van der Waals surface area contributed by atoms with Crippen molar-refractivity contribution in [3.8, 4) is 0 Å². The van der Waals surface area contributed by atoms with E-state index in [1.54, 1.807) is 0 Å². The minimum atomic E-state index is -0.319. The summed E-state index contributed by atoms with van der Waals surface area (Å²) in [5, 5.41) is 22.6. The highest BCUT2D eigenvalue weighted by Gasteiger charge is 2.76.